The van der Waals surface area contributed by atoms with Crippen molar-refractivity contribution in [1.82, 2.24) is 14.8 Å². The molecular formula is C21H27N3O3. The molecule has 1 aromatic carbocycles. The molecule has 6 heteroatoms. The molecule has 1 fully saturated rings. The maximum absolute atomic E-state index is 12.9. The summed E-state index contributed by atoms with van der Waals surface area (Å²) in [5, 5.41) is 0. The van der Waals surface area contributed by atoms with E-state index in [1.54, 1.807) is 0 Å². The van der Waals surface area contributed by atoms with Crippen molar-refractivity contribution >= 4 is 5.91 Å². The molecule has 0 N–H and O–H groups in total. The summed E-state index contributed by atoms with van der Waals surface area (Å²) >= 11 is 0. The number of rotatable bonds is 4. The molecule has 144 valence electrons. The number of oxazole rings is 1. The molecule has 1 amide bonds. The number of ether oxygens (including phenoxy) is 1. The minimum Gasteiger partial charge on any atom is -0.493 e. The van der Waals surface area contributed by atoms with E-state index in [4.69, 9.17) is 9.15 Å². The lowest BCUT2D eigenvalue weighted by molar-refractivity contribution is 0.0726. The van der Waals surface area contributed by atoms with Gasteiger partial charge in [-0.25, -0.2) is 4.98 Å². The highest BCUT2D eigenvalue weighted by molar-refractivity contribution is 5.92. The van der Waals surface area contributed by atoms with Gasteiger partial charge in [0.1, 0.15) is 5.75 Å². The molecule has 0 spiro atoms. The van der Waals surface area contributed by atoms with Crippen LogP contribution < -0.4 is 4.74 Å². The summed E-state index contributed by atoms with van der Waals surface area (Å²) in [4.78, 5) is 21.5. The maximum Gasteiger partial charge on any atom is 0.291 e. The molecule has 0 saturated carbocycles. The average molecular weight is 369 g/mol. The lowest BCUT2D eigenvalue weighted by Gasteiger charge is -2.21. The summed E-state index contributed by atoms with van der Waals surface area (Å²) < 4.78 is 11.3. The maximum atomic E-state index is 12.9. The van der Waals surface area contributed by atoms with Crippen LogP contribution in [-0.4, -0.2) is 53.5 Å². The van der Waals surface area contributed by atoms with Crippen molar-refractivity contribution in [2.24, 2.45) is 0 Å². The zero-order valence-electron chi connectivity index (χ0n) is 16.2. The third-order valence-electron chi connectivity index (χ3n) is 5.37. The van der Waals surface area contributed by atoms with Crippen molar-refractivity contribution in [3.8, 4) is 5.75 Å². The third kappa shape index (κ3) is 3.86. The molecule has 0 bridgehead atoms. The minimum absolute atomic E-state index is 0.0313. The largest absolute Gasteiger partial charge is 0.493 e. The number of nitrogens with zero attached hydrogens (tertiary/aromatic N) is 3. The Balaban J connectivity index is 1.38. The van der Waals surface area contributed by atoms with Gasteiger partial charge >= 0.3 is 0 Å². The van der Waals surface area contributed by atoms with Crippen LogP contribution in [0.1, 0.15) is 46.6 Å². The second kappa shape index (κ2) is 7.72. The first kappa shape index (κ1) is 18.0. The molecule has 6 nitrogen and oxygen atoms in total. The number of carbonyl (C=O) groups excluding carboxylic acids is 1. The summed E-state index contributed by atoms with van der Waals surface area (Å²) in [5.41, 5.74) is 3.32. The van der Waals surface area contributed by atoms with E-state index < -0.39 is 0 Å². The Labute approximate surface area is 160 Å². The first-order chi connectivity index (χ1) is 13.1. The topological polar surface area (TPSA) is 58.8 Å². The van der Waals surface area contributed by atoms with Gasteiger partial charge in [0.2, 0.25) is 5.76 Å². The average Bonchev–Trinajstić information content (AvgIpc) is 3.21. The number of aromatic nitrogens is 1. The van der Waals surface area contributed by atoms with E-state index in [0.29, 0.717) is 30.3 Å². The second-order valence-electron chi connectivity index (χ2n) is 7.34. The van der Waals surface area contributed by atoms with Crippen LogP contribution in [0.3, 0.4) is 0 Å². The second-order valence-corrected chi connectivity index (χ2v) is 7.34. The zero-order valence-corrected chi connectivity index (χ0v) is 16.2. The molecule has 2 aliphatic rings. The van der Waals surface area contributed by atoms with Gasteiger partial charge in [-0.1, -0.05) is 19.1 Å². The van der Waals surface area contributed by atoms with Gasteiger partial charge in [-0.2, -0.15) is 0 Å². The number of amides is 1. The predicted molar refractivity (Wildman–Crippen MR) is 102 cm³/mol. The van der Waals surface area contributed by atoms with Crippen LogP contribution in [-0.2, 0) is 19.4 Å². The van der Waals surface area contributed by atoms with Crippen LogP contribution in [0.15, 0.2) is 22.6 Å². The van der Waals surface area contributed by atoms with E-state index in [-0.39, 0.29) is 5.91 Å². The summed E-state index contributed by atoms with van der Waals surface area (Å²) in [6.07, 6.45) is 2.67. The van der Waals surface area contributed by atoms with Crippen LogP contribution in [0.5, 0.6) is 5.75 Å². The molecule has 0 radical (unpaired) electrons. The van der Waals surface area contributed by atoms with Crippen molar-refractivity contribution < 1.29 is 13.9 Å². The van der Waals surface area contributed by atoms with Crippen molar-refractivity contribution in [3.05, 3.63) is 46.7 Å². The van der Waals surface area contributed by atoms with E-state index in [1.807, 2.05) is 18.7 Å². The summed E-state index contributed by atoms with van der Waals surface area (Å²) in [6, 6.07) is 6.51. The van der Waals surface area contributed by atoms with Crippen molar-refractivity contribution in [2.75, 3.05) is 32.8 Å². The number of benzene rings is 1. The normalized spacial score (nSPS) is 17.5. The van der Waals surface area contributed by atoms with Gasteiger partial charge in [-0.3, -0.25) is 9.69 Å². The van der Waals surface area contributed by atoms with Crippen molar-refractivity contribution in [1.29, 1.82) is 0 Å². The van der Waals surface area contributed by atoms with Crippen molar-refractivity contribution in [3.63, 3.8) is 0 Å². The van der Waals surface area contributed by atoms with E-state index in [9.17, 15) is 4.79 Å². The van der Waals surface area contributed by atoms with Crippen LogP contribution >= 0.6 is 0 Å². The fourth-order valence-electron chi connectivity index (χ4n) is 3.87. The molecule has 1 aromatic heterocycles. The van der Waals surface area contributed by atoms with Gasteiger partial charge in [0.15, 0.2) is 5.89 Å². The highest BCUT2D eigenvalue weighted by Crippen LogP contribution is 2.26. The number of hydrogen-bond donors (Lipinski definition) is 0. The van der Waals surface area contributed by atoms with E-state index in [2.05, 4.69) is 28.1 Å². The first-order valence-corrected chi connectivity index (χ1v) is 9.86. The predicted octanol–water partition coefficient (Wildman–Crippen LogP) is 2.83. The minimum atomic E-state index is -0.0313. The molecule has 27 heavy (non-hydrogen) atoms. The Morgan fingerprint density at radius 1 is 1.22 bits per heavy atom. The number of carbonyl (C=O) groups is 1. The van der Waals surface area contributed by atoms with Gasteiger partial charge in [-0.15, -0.1) is 0 Å². The van der Waals surface area contributed by atoms with Crippen LogP contribution in [0.25, 0.3) is 0 Å². The number of aryl methyl sites for hydroxylation is 2. The fourth-order valence-corrected chi connectivity index (χ4v) is 3.87. The lowest BCUT2D eigenvalue weighted by Crippen LogP contribution is -2.35. The molecule has 0 unspecified atom stereocenters. The first-order valence-electron chi connectivity index (χ1n) is 9.86. The lowest BCUT2D eigenvalue weighted by atomic mass is 10.1. The molecule has 3 heterocycles. The van der Waals surface area contributed by atoms with Crippen molar-refractivity contribution in [2.45, 2.75) is 39.7 Å². The number of fused-ring (bicyclic) bond motifs is 1. The molecule has 2 aliphatic heterocycles. The van der Waals surface area contributed by atoms with Crippen LogP contribution in [0, 0.1) is 6.92 Å². The Morgan fingerprint density at radius 2 is 2.11 bits per heavy atom. The molecule has 0 aliphatic carbocycles. The number of hydrogen-bond acceptors (Lipinski definition) is 5. The summed E-state index contributed by atoms with van der Waals surface area (Å²) in [5.74, 6) is 2.03. The van der Waals surface area contributed by atoms with Crippen LogP contribution in [0.2, 0.25) is 0 Å². The van der Waals surface area contributed by atoms with Gasteiger partial charge in [0.25, 0.3) is 5.91 Å². The van der Waals surface area contributed by atoms with E-state index >= 15 is 0 Å². The van der Waals surface area contributed by atoms with Crippen LogP contribution in [0.4, 0.5) is 0 Å². The Morgan fingerprint density at radius 3 is 2.93 bits per heavy atom. The van der Waals surface area contributed by atoms with Gasteiger partial charge in [-0.05, 0) is 30.5 Å². The SMILES string of the molecule is CCc1nc(C)c(C(=O)N2CCCN(Cc3ccc4c(c3)CCO4)CC2)o1. The van der Waals surface area contributed by atoms with E-state index in [1.165, 1.54) is 11.1 Å². The molecule has 1 saturated heterocycles. The Hall–Kier alpha value is -2.34. The quantitative estimate of drug-likeness (QED) is 0.829. The Kier molecular flexibility index (Phi) is 5.16. The van der Waals surface area contributed by atoms with E-state index in [0.717, 1.165) is 51.4 Å². The summed E-state index contributed by atoms with van der Waals surface area (Å²) in [7, 11) is 0. The highest BCUT2D eigenvalue weighted by atomic mass is 16.5. The Bertz CT molecular complexity index is 830. The third-order valence-corrected chi connectivity index (χ3v) is 5.37. The summed E-state index contributed by atoms with van der Waals surface area (Å²) in [6.45, 7) is 8.87. The van der Waals surface area contributed by atoms with Gasteiger partial charge in [0.05, 0.1) is 12.3 Å². The molecule has 0 atom stereocenters. The molecule has 4 rings (SSSR count). The standard InChI is InChI=1S/C21H27N3O3/c1-3-19-22-15(2)20(27-19)21(25)24-9-4-8-23(10-11-24)14-16-5-6-18-17(13-16)7-12-26-18/h5-6,13H,3-4,7-12,14H2,1-2H3. The zero-order chi connectivity index (χ0) is 18.8. The highest BCUT2D eigenvalue weighted by Gasteiger charge is 2.25. The van der Waals surface area contributed by atoms with Gasteiger partial charge in [0, 0.05) is 45.6 Å². The smallest absolute Gasteiger partial charge is 0.291 e. The fraction of sp³-hybridized carbons (Fsp3) is 0.524. The molecular weight excluding hydrogens is 342 g/mol. The van der Waals surface area contributed by atoms with Gasteiger partial charge < -0.3 is 14.1 Å². The molecule has 2 aromatic rings. The monoisotopic (exact) mass is 369 g/mol.